The number of hydrogen-bond donors (Lipinski definition) is 2. The van der Waals surface area contributed by atoms with Gasteiger partial charge in [0, 0.05) is 5.56 Å². The van der Waals surface area contributed by atoms with Gasteiger partial charge in [0.15, 0.2) is 6.54 Å². The van der Waals surface area contributed by atoms with Gasteiger partial charge in [0.2, 0.25) is 0 Å². The highest BCUT2D eigenvalue weighted by atomic mass is 19.1. The van der Waals surface area contributed by atoms with Gasteiger partial charge >= 0.3 is 0 Å². The summed E-state index contributed by atoms with van der Waals surface area (Å²) in [4.78, 5) is 23.1. The first-order chi connectivity index (χ1) is 11.0. The lowest BCUT2D eigenvalue weighted by Crippen LogP contribution is -3.08. The molecule has 1 atom stereocenters. The van der Waals surface area contributed by atoms with Gasteiger partial charge in [-0.15, -0.1) is 0 Å². The fourth-order valence-corrected chi connectivity index (χ4v) is 2.24. The molecule has 2 aromatic carbocycles. The predicted octanol–water partition coefficient (Wildman–Crippen LogP) is 1.39. The van der Waals surface area contributed by atoms with Crippen LogP contribution < -0.4 is 10.2 Å². The fraction of sp³-hybridized carbons (Fsp3) is 0.188. The summed E-state index contributed by atoms with van der Waals surface area (Å²) < 4.78 is 13.1. The number of halogens is 1. The van der Waals surface area contributed by atoms with Gasteiger partial charge in [0.25, 0.3) is 11.6 Å². The second kappa shape index (κ2) is 7.46. The lowest BCUT2D eigenvalue weighted by atomic mass is 10.2. The van der Waals surface area contributed by atoms with E-state index in [1.165, 1.54) is 6.07 Å². The standard InChI is InChI=1S/C16H16FN3O3/c1-19(10-12-5-3-2-4-6-12)11-16(21)18-14-8-7-13(17)9-15(14)20(22)23/h2-9H,10-11H2,1H3,(H,18,21)/p+1. The zero-order chi connectivity index (χ0) is 16.8. The number of nitrogens with zero attached hydrogens (tertiary/aromatic N) is 1. The number of nitrogens with one attached hydrogen (secondary N) is 2. The average Bonchev–Trinajstić information content (AvgIpc) is 2.49. The summed E-state index contributed by atoms with van der Waals surface area (Å²) in [7, 11) is 1.85. The highest BCUT2D eigenvalue weighted by Crippen LogP contribution is 2.24. The highest BCUT2D eigenvalue weighted by molar-refractivity contribution is 5.93. The number of amides is 1. The van der Waals surface area contributed by atoms with Crippen molar-refractivity contribution < 1.29 is 19.0 Å². The maximum Gasteiger partial charge on any atom is 0.295 e. The van der Waals surface area contributed by atoms with E-state index in [2.05, 4.69) is 5.32 Å². The van der Waals surface area contributed by atoms with Gasteiger partial charge in [0.05, 0.1) is 18.0 Å². The van der Waals surface area contributed by atoms with E-state index >= 15 is 0 Å². The second-order valence-electron chi connectivity index (χ2n) is 5.26. The molecule has 0 aliphatic heterocycles. The molecule has 2 rings (SSSR count). The number of likely N-dealkylation sites (N-methyl/N-ethyl adjacent to an activating group) is 1. The summed E-state index contributed by atoms with van der Waals surface area (Å²) in [6, 6.07) is 12.7. The summed E-state index contributed by atoms with van der Waals surface area (Å²) in [5, 5.41) is 13.4. The topological polar surface area (TPSA) is 76.7 Å². The van der Waals surface area contributed by atoms with Crippen LogP contribution in [-0.2, 0) is 11.3 Å². The quantitative estimate of drug-likeness (QED) is 0.624. The van der Waals surface area contributed by atoms with E-state index < -0.39 is 16.4 Å². The Kier molecular flexibility index (Phi) is 5.37. The summed E-state index contributed by atoms with van der Waals surface area (Å²) in [5.41, 5.74) is 0.624. The predicted molar refractivity (Wildman–Crippen MR) is 83.6 cm³/mol. The van der Waals surface area contributed by atoms with Crippen LogP contribution in [0.1, 0.15) is 5.56 Å². The van der Waals surface area contributed by atoms with E-state index in [1.54, 1.807) is 0 Å². The molecule has 0 aliphatic carbocycles. The number of rotatable bonds is 6. The van der Waals surface area contributed by atoms with Gasteiger partial charge in [-0.1, -0.05) is 30.3 Å². The Morgan fingerprint density at radius 1 is 1.26 bits per heavy atom. The number of benzene rings is 2. The molecule has 2 aromatic rings. The molecule has 6 nitrogen and oxygen atoms in total. The number of anilines is 1. The van der Waals surface area contributed by atoms with E-state index in [1.807, 2.05) is 37.4 Å². The van der Waals surface area contributed by atoms with Crippen molar-refractivity contribution in [2.75, 3.05) is 18.9 Å². The Hall–Kier alpha value is -2.80. The average molecular weight is 318 g/mol. The maximum absolute atomic E-state index is 13.1. The molecule has 0 spiro atoms. The Morgan fingerprint density at radius 2 is 1.96 bits per heavy atom. The number of nitro benzene ring substituents is 1. The van der Waals surface area contributed by atoms with Crippen LogP contribution in [0.2, 0.25) is 0 Å². The van der Waals surface area contributed by atoms with Crippen LogP contribution in [-0.4, -0.2) is 24.4 Å². The van der Waals surface area contributed by atoms with Crippen molar-refractivity contribution >= 4 is 17.3 Å². The van der Waals surface area contributed by atoms with Gasteiger partial charge in [-0.05, 0) is 12.1 Å². The van der Waals surface area contributed by atoms with Gasteiger partial charge < -0.3 is 10.2 Å². The van der Waals surface area contributed by atoms with Crippen LogP contribution in [0.3, 0.4) is 0 Å². The Bertz CT molecular complexity index is 707. The Morgan fingerprint density at radius 3 is 2.61 bits per heavy atom. The third kappa shape index (κ3) is 4.86. The van der Waals surface area contributed by atoms with E-state index in [9.17, 15) is 19.3 Å². The molecule has 120 valence electrons. The van der Waals surface area contributed by atoms with E-state index in [-0.39, 0.29) is 18.1 Å². The molecule has 0 heterocycles. The second-order valence-corrected chi connectivity index (χ2v) is 5.26. The third-order valence-electron chi connectivity index (χ3n) is 3.24. The first-order valence-corrected chi connectivity index (χ1v) is 7.04. The Labute approximate surface area is 132 Å². The molecule has 0 bridgehead atoms. The number of quaternary nitrogens is 1. The first-order valence-electron chi connectivity index (χ1n) is 7.04. The monoisotopic (exact) mass is 318 g/mol. The molecule has 1 amide bonds. The molecule has 1 unspecified atom stereocenters. The molecule has 23 heavy (non-hydrogen) atoms. The number of nitro groups is 1. The largest absolute Gasteiger partial charge is 0.326 e. The smallest absolute Gasteiger partial charge is 0.295 e. The molecule has 7 heteroatoms. The summed E-state index contributed by atoms with van der Waals surface area (Å²) >= 11 is 0. The van der Waals surface area contributed by atoms with Crippen molar-refractivity contribution in [2.45, 2.75) is 6.54 Å². The minimum Gasteiger partial charge on any atom is -0.326 e. The maximum atomic E-state index is 13.1. The lowest BCUT2D eigenvalue weighted by Gasteiger charge is -2.14. The molecule has 2 N–H and O–H groups in total. The van der Waals surface area contributed by atoms with Gasteiger partial charge in [-0.2, -0.15) is 0 Å². The van der Waals surface area contributed by atoms with Crippen molar-refractivity contribution in [1.82, 2.24) is 0 Å². The summed E-state index contributed by atoms with van der Waals surface area (Å²) in [6.07, 6.45) is 0. The van der Waals surface area contributed by atoms with Gasteiger partial charge in [-0.3, -0.25) is 14.9 Å². The van der Waals surface area contributed by atoms with Crippen LogP contribution in [0.4, 0.5) is 15.8 Å². The molecule has 0 saturated heterocycles. The van der Waals surface area contributed by atoms with Crippen LogP contribution in [0.25, 0.3) is 0 Å². The summed E-state index contributed by atoms with van der Waals surface area (Å²) in [5.74, 6) is -1.09. The van der Waals surface area contributed by atoms with Crippen LogP contribution in [0.15, 0.2) is 48.5 Å². The number of carbonyl (C=O) groups is 1. The van der Waals surface area contributed by atoms with Crippen molar-refractivity contribution in [1.29, 1.82) is 0 Å². The normalized spacial score (nSPS) is 11.7. The van der Waals surface area contributed by atoms with Crippen molar-refractivity contribution in [3.63, 3.8) is 0 Å². The zero-order valence-corrected chi connectivity index (χ0v) is 12.6. The van der Waals surface area contributed by atoms with Gasteiger partial charge in [0.1, 0.15) is 18.0 Å². The molecular weight excluding hydrogens is 301 g/mol. The fourth-order valence-electron chi connectivity index (χ4n) is 2.24. The summed E-state index contributed by atoms with van der Waals surface area (Å²) in [6.45, 7) is 0.795. The Balaban J connectivity index is 1.98. The highest BCUT2D eigenvalue weighted by Gasteiger charge is 2.18. The van der Waals surface area contributed by atoms with Gasteiger partial charge in [-0.25, -0.2) is 4.39 Å². The van der Waals surface area contributed by atoms with Crippen molar-refractivity contribution in [3.8, 4) is 0 Å². The molecule has 0 saturated carbocycles. The molecule has 0 aliphatic rings. The third-order valence-corrected chi connectivity index (χ3v) is 3.24. The van der Waals surface area contributed by atoms with Crippen molar-refractivity contribution in [2.24, 2.45) is 0 Å². The SMILES string of the molecule is C[NH+](CC(=O)Nc1ccc(F)cc1[N+](=O)[O-])Cc1ccccc1. The number of carbonyl (C=O) groups excluding carboxylic acids is 1. The minimum atomic E-state index is -0.723. The zero-order valence-electron chi connectivity index (χ0n) is 12.6. The molecule has 0 aromatic heterocycles. The van der Waals surface area contributed by atoms with Crippen LogP contribution in [0.5, 0.6) is 0 Å². The lowest BCUT2D eigenvalue weighted by molar-refractivity contribution is -0.885. The van der Waals surface area contributed by atoms with Crippen LogP contribution >= 0.6 is 0 Å². The van der Waals surface area contributed by atoms with E-state index in [4.69, 9.17) is 0 Å². The van der Waals surface area contributed by atoms with E-state index in [0.29, 0.717) is 6.54 Å². The molecule has 0 radical (unpaired) electrons. The van der Waals surface area contributed by atoms with Crippen molar-refractivity contribution in [3.05, 3.63) is 70.0 Å². The molecule has 0 fully saturated rings. The first kappa shape index (κ1) is 16.6. The van der Waals surface area contributed by atoms with Crippen LogP contribution in [0, 0.1) is 15.9 Å². The molecular formula is C16H17FN3O3+. The minimum absolute atomic E-state index is 0.00564. The number of hydrogen-bond acceptors (Lipinski definition) is 3. The van der Waals surface area contributed by atoms with E-state index in [0.717, 1.165) is 22.6 Å².